The van der Waals surface area contributed by atoms with Crippen LogP contribution in [0.3, 0.4) is 0 Å². The molecule has 1 spiro atoms. The van der Waals surface area contributed by atoms with Crippen LogP contribution in [0.2, 0.25) is 0 Å². The molecule has 8 heteroatoms. The Morgan fingerprint density at radius 2 is 1.74 bits per heavy atom. The summed E-state index contributed by atoms with van der Waals surface area (Å²) < 4.78 is 28.5. The Kier molecular flexibility index (Phi) is 4.52. The number of amides is 2. The maximum absolute atomic E-state index is 14.3. The third-order valence-corrected chi connectivity index (χ3v) is 6.75. The van der Waals surface area contributed by atoms with Crippen molar-refractivity contribution in [3.05, 3.63) is 94.7 Å². The van der Waals surface area contributed by atoms with Gasteiger partial charge in [-0.2, -0.15) is 5.10 Å². The standard InChI is InChI=1S/C26H20F2N4O2/c27-19-6-3-7-20(28)22(19)25(34)32-14-18-23(26(32)10-11-26)30-31-24(18)29-21(33)13-15-8-9-16-4-1-2-5-17(16)12-15/h1-9,12H,10-11,13-14H2,(H2,29,30,31,33). The van der Waals surface area contributed by atoms with Gasteiger partial charge in [0.1, 0.15) is 17.2 Å². The number of anilines is 1. The summed E-state index contributed by atoms with van der Waals surface area (Å²) >= 11 is 0. The summed E-state index contributed by atoms with van der Waals surface area (Å²) in [6, 6.07) is 17.2. The van der Waals surface area contributed by atoms with E-state index in [0.717, 1.165) is 34.2 Å². The third-order valence-electron chi connectivity index (χ3n) is 6.75. The van der Waals surface area contributed by atoms with Gasteiger partial charge in [-0.05, 0) is 41.3 Å². The molecule has 0 unspecified atom stereocenters. The SMILES string of the molecule is O=C(Cc1ccc2ccccc2c1)Nc1n[nH]c2c1CN(C(=O)c1c(F)cccc1F)C21CC1. The molecule has 6 rings (SSSR count). The van der Waals surface area contributed by atoms with Crippen LogP contribution in [0.5, 0.6) is 0 Å². The summed E-state index contributed by atoms with van der Waals surface area (Å²) in [5, 5.41) is 12.2. The van der Waals surface area contributed by atoms with E-state index in [2.05, 4.69) is 15.5 Å². The van der Waals surface area contributed by atoms with E-state index in [0.29, 0.717) is 24.2 Å². The van der Waals surface area contributed by atoms with Gasteiger partial charge in [0.15, 0.2) is 5.82 Å². The first-order valence-corrected chi connectivity index (χ1v) is 11.1. The molecule has 0 atom stereocenters. The summed E-state index contributed by atoms with van der Waals surface area (Å²) in [5.41, 5.74) is 1.05. The van der Waals surface area contributed by atoms with Crippen molar-refractivity contribution in [3.63, 3.8) is 0 Å². The number of nitrogens with zero attached hydrogens (tertiary/aromatic N) is 2. The van der Waals surface area contributed by atoms with E-state index < -0.39 is 28.6 Å². The van der Waals surface area contributed by atoms with Crippen LogP contribution < -0.4 is 5.32 Å². The zero-order chi connectivity index (χ0) is 23.4. The highest BCUT2D eigenvalue weighted by molar-refractivity contribution is 5.97. The zero-order valence-electron chi connectivity index (χ0n) is 18.1. The number of hydrogen-bond acceptors (Lipinski definition) is 3. The number of fused-ring (bicyclic) bond motifs is 3. The molecular formula is C26H20F2N4O2. The Morgan fingerprint density at radius 3 is 2.47 bits per heavy atom. The zero-order valence-corrected chi connectivity index (χ0v) is 18.1. The van der Waals surface area contributed by atoms with Crippen molar-refractivity contribution >= 4 is 28.4 Å². The number of halogens is 2. The smallest absolute Gasteiger partial charge is 0.260 e. The fourth-order valence-corrected chi connectivity index (χ4v) is 4.90. The van der Waals surface area contributed by atoms with Gasteiger partial charge in [0.2, 0.25) is 5.91 Å². The van der Waals surface area contributed by atoms with E-state index in [1.54, 1.807) is 0 Å². The molecule has 2 amide bonds. The second-order valence-electron chi connectivity index (χ2n) is 8.85. The molecule has 0 radical (unpaired) electrons. The van der Waals surface area contributed by atoms with Crippen molar-refractivity contribution in [1.29, 1.82) is 0 Å². The van der Waals surface area contributed by atoms with Crippen molar-refractivity contribution in [2.75, 3.05) is 5.32 Å². The van der Waals surface area contributed by atoms with Gasteiger partial charge in [-0.1, -0.05) is 48.5 Å². The Hall–Kier alpha value is -4.07. The van der Waals surface area contributed by atoms with E-state index in [1.165, 1.54) is 11.0 Å². The quantitative estimate of drug-likeness (QED) is 0.467. The van der Waals surface area contributed by atoms with E-state index in [-0.39, 0.29) is 18.9 Å². The summed E-state index contributed by atoms with van der Waals surface area (Å²) in [5.74, 6) is -2.38. The van der Waals surface area contributed by atoms with Gasteiger partial charge < -0.3 is 10.2 Å². The lowest BCUT2D eigenvalue weighted by molar-refractivity contribution is -0.115. The molecule has 1 aromatic heterocycles. The third kappa shape index (κ3) is 3.17. The number of rotatable bonds is 4. The molecule has 170 valence electrons. The lowest BCUT2D eigenvalue weighted by atomic mass is 10.0. The van der Waals surface area contributed by atoms with Gasteiger partial charge in [0.25, 0.3) is 5.91 Å². The summed E-state index contributed by atoms with van der Waals surface area (Å²) in [6.45, 7) is 0.115. The molecule has 2 N–H and O–H groups in total. The average Bonchev–Trinajstić information content (AvgIpc) is 3.41. The van der Waals surface area contributed by atoms with Crippen LogP contribution in [0.15, 0.2) is 60.7 Å². The summed E-state index contributed by atoms with van der Waals surface area (Å²) in [4.78, 5) is 27.4. The monoisotopic (exact) mass is 458 g/mol. The van der Waals surface area contributed by atoms with Crippen LogP contribution in [0.4, 0.5) is 14.6 Å². The molecule has 6 nitrogen and oxygen atoms in total. The van der Waals surface area contributed by atoms with E-state index in [1.807, 2.05) is 42.5 Å². The van der Waals surface area contributed by atoms with E-state index in [4.69, 9.17) is 0 Å². The number of aromatic nitrogens is 2. The highest BCUT2D eigenvalue weighted by Gasteiger charge is 2.59. The Bertz CT molecular complexity index is 1450. The van der Waals surface area contributed by atoms with Crippen LogP contribution in [0.25, 0.3) is 10.8 Å². The molecular weight excluding hydrogens is 438 g/mol. The normalized spacial score (nSPS) is 15.5. The van der Waals surface area contributed by atoms with Gasteiger partial charge in [-0.25, -0.2) is 8.78 Å². The van der Waals surface area contributed by atoms with Crippen molar-refractivity contribution in [2.24, 2.45) is 0 Å². The maximum Gasteiger partial charge on any atom is 0.260 e. The van der Waals surface area contributed by atoms with Crippen molar-refractivity contribution in [1.82, 2.24) is 15.1 Å². The highest BCUT2D eigenvalue weighted by atomic mass is 19.1. The molecule has 34 heavy (non-hydrogen) atoms. The number of aromatic amines is 1. The number of carbonyl (C=O) groups excluding carboxylic acids is 2. The predicted octanol–water partition coefficient (Wildman–Crippen LogP) is 4.67. The molecule has 4 aromatic rings. The molecule has 1 fully saturated rings. The second-order valence-corrected chi connectivity index (χ2v) is 8.85. The minimum atomic E-state index is -0.890. The minimum absolute atomic E-state index is 0.115. The van der Waals surface area contributed by atoms with E-state index in [9.17, 15) is 18.4 Å². The molecule has 1 aliphatic carbocycles. The van der Waals surface area contributed by atoms with Crippen LogP contribution in [-0.4, -0.2) is 26.9 Å². The molecule has 1 saturated carbocycles. The van der Waals surface area contributed by atoms with Gasteiger partial charge in [-0.3, -0.25) is 14.7 Å². The number of hydrogen-bond donors (Lipinski definition) is 2. The van der Waals surface area contributed by atoms with Crippen LogP contribution in [0.1, 0.15) is 40.0 Å². The Morgan fingerprint density at radius 1 is 1.00 bits per heavy atom. The first-order chi connectivity index (χ1) is 16.5. The topological polar surface area (TPSA) is 78.1 Å². The molecule has 1 aliphatic heterocycles. The van der Waals surface area contributed by atoms with Crippen LogP contribution in [0, 0.1) is 11.6 Å². The van der Waals surface area contributed by atoms with Crippen LogP contribution >= 0.6 is 0 Å². The fourth-order valence-electron chi connectivity index (χ4n) is 4.90. The first-order valence-electron chi connectivity index (χ1n) is 11.1. The van der Waals surface area contributed by atoms with Crippen molar-refractivity contribution in [2.45, 2.75) is 31.3 Å². The maximum atomic E-state index is 14.3. The number of carbonyl (C=O) groups is 2. The van der Waals surface area contributed by atoms with Crippen LogP contribution in [-0.2, 0) is 23.3 Å². The largest absolute Gasteiger partial charge is 0.323 e. The lowest BCUT2D eigenvalue weighted by Gasteiger charge is -2.25. The molecule has 0 saturated heterocycles. The predicted molar refractivity (Wildman–Crippen MR) is 122 cm³/mol. The van der Waals surface area contributed by atoms with Gasteiger partial charge >= 0.3 is 0 Å². The summed E-state index contributed by atoms with van der Waals surface area (Å²) in [6.07, 6.45) is 1.49. The van der Waals surface area contributed by atoms with Crippen molar-refractivity contribution < 1.29 is 18.4 Å². The number of H-pyrrole nitrogens is 1. The highest BCUT2D eigenvalue weighted by Crippen LogP contribution is 2.57. The average molecular weight is 458 g/mol. The van der Waals surface area contributed by atoms with E-state index >= 15 is 0 Å². The Balaban J connectivity index is 1.23. The number of nitrogens with one attached hydrogen (secondary N) is 2. The van der Waals surface area contributed by atoms with Gasteiger partial charge in [0.05, 0.1) is 24.2 Å². The second kappa shape index (κ2) is 7.48. The fraction of sp³-hybridized carbons (Fsp3) is 0.192. The minimum Gasteiger partial charge on any atom is -0.323 e. The van der Waals surface area contributed by atoms with Gasteiger partial charge in [-0.15, -0.1) is 0 Å². The molecule has 2 aliphatic rings. The van der Waals surface area contributed by atoms with Gasteiger partial charge in [0, 0.05) is 5.56 Å². The molecule has 0 bridgehead atoms. The number of benzene rings is 3. The molecule has 3 aromatic carbocycles. The molecule has 2 heterocycles. The Labute approximate surface area is 193 Å². The summed E-state index contributed by atoms with van der Waals surface area (Å²) in [7, 11) is 0. The first kappa shape index (κ1) is 20.5. The lowest BCUT2D eigenvalue weighted by Crippen LogP contribution is -2.36. The van der Waals surface area contributed by atoms with Crippen molar-refractivity contribution in [3.8, 4) is 0 Å².